The number of para-hydroxylation sites is 1. The molecule has 1 heterocycles. The quantitative estimate of drug-likeness (QED) is 0.486. The third-order valence-electron chi connectivity index (χ3n) is 4.37. The average Bonchev–Trinajstić information content (AvgIpc) is 2.73. The van der Waals surface area contributed by atoms with Crippen LogP contribution in [0.2, 0.25) is 0 Å². The number of amides is 1. The lowest BCUT2D eigenvalue weighted by Crippen LogP contribution is -2.15. The van der Waals surface area contributed by atoms with Gasteiger partial charge in [-0.1, -0.05) is 36.4 Å². The molecule has 0 atom stereocenters. The normalized spacial score (nSPS) is 10.2. The molecule has 0 aliphatic carbocycles. The molecule has 0 radical (unpaired) electrons. The van der Waals surface area contributed by atoms with Crippen molar-refractivity contribution >= 4 is 40.7 Å². The SMILES string of the molecule is Cl.Nc1ccc2cc(NC(=O)c3ccccc3COc3ccccc3)ccc2n1. The van der Waals surface area contributed by atoms with E-state index in [1.165, 1.54) is 0 Å². The average molecular weight is 406 g/mol. The minimum Gasteiger partial charge on any atom is -0.489 e. The van der Waals surface area contributed by atoms with E-state index in [0.717, 1.165) is 22.2 Å². The molecule has 4 rings (SSSR count). The van der Waals surface area contributed by atoms with Gasteiger partial charge in [-0.25, -0.2) is 4.98 Å². The second-order valence-corrected chi connectivity index (χ2v) is 6.36. The second kappa shape index (κ2) is 9.08. The van der Waals surface area contributed by atoms with E-state index in [-0.39, 0.29) is 18.3 Å². The van der Waals surface area contributed by atoms with Crippen LogP contribution in [0.1, 0.15) is 15.9 Å². The van der Waals surface area contributed by atoms with Gasteiger partial charge in [0.15, 0.2) is 0 Å². The zero-order valence-corrected chi connectivity index (χ0v) is 16.4. The van der Waals surface area contributed by atoms with E-state index in [4.69, 9.17) is 10.5 Å². The number of rotatable bonds is 5. The minimum absolute atomic E-state index is 0. The third kappa shape index (κ3) is 4.83. The molecule has 0 aliphatic heterocycles. The highest BCUT2D eigenvalue weighted by Crippen LogP contribution is 2.21. The van der Waals surface area contributed by atoms with Crippen molar-refractivity contribution in [1.29, 1.82) is 0 Å². The van der Waals surface area contributed by atoms with Crippen molar-refractivity contribution in [3.8, 4) is 5.75 Å². The summed E-state index contributed by atoms with van der Waals surface area (Å²) < 4.78 is 5.80. The number of carbonyl (C=O) groups is 1. The topological polar surface area (TPSA) is 77.2 Å². The molecule has 0 aliphatic rings. The predicted molar refractivity (Wildman–Crippen MR) is 119 cm³/mol. The summed E-state index contributed by atoms with van der Waals surface area (Å²) in [7, 11) is 0. The smallest absolute Gasteiger partial charge is 0.256 e. The molecule has 29 heavy (non-hydrogen) atoms. The number of fused-ring (bicyclic) bond motifs is 1. The number of nitrogens with two attached hydrogens (primary N) is 1. The molecule has 3 N–H and O–H groups in total. The predicted octanol–water partition coefficient (Wildman–Crippen LogP) is 5.07. The monoisotopic (exact) mass is 405 g/mol. The Bertz CT molecular complexity index is 1130. The second-order valence-electron chi connectivity index (χ2n) is 6.36. The molecule has 0 saturated heterocycles. The van der Waals surface area contributed by atoms with Crippen molar-refractivity contribution in [3.05, 3.63) is 96.1 Å². The zero-order valence-electron chi connectivity index (χ0n) is 15.5. The highest BCUT2D eigenvalue weighted by Gasteiger charge is 2.12. The van der Waals surface area contributed by atoms with Crippen molar-refractivity contribution in [2.24, 2.45) is 0 Å². The number of anilines is 2. The number of hydrogen-bond acceptors (Lipinski definition) is 4. The van der Waals surface area contributed by atoms with Gasteiger partial charge >= 0.3 is 0 Å². The number of hydrogen-bond donors (Lipinski definition) is 2. The van der Waals surface area contributed by atoms with Crippen LogP contribution in [0.25, 0.3) is 10.9 Å². The summed E-state index contributed by atoms with van der Waals surface area (Å²) in [5.74, 6) is 1.05. The molecule has 3 aromatic carbocycles. The molecule has 0 fully saturated rings. The molecule has 4 aromatic rings. The lowest BCUT2D eigenvalue weighted by Gasteiger charge is -2.12. The van der Waals surface area contributed by atoms with Gasteiger partial charge in [0, 0.05) is 22.2 Å². The van der Waals surface area contributed by atoms with E-state index >= 15 is 0 Å². The Morgan fingerprint density at radius 3 is 2.52 bits per heavy atom. The molecular formula is C23H20ClN3O2. The van der Waals surface area contributed by atoms with Crippen LogP contribution >= 0.6 is 12.4 Å². The summed E-state index contributed by atoms with van der Waals surface area (Å²) in [5.41, 5.74) is 8.59. The third-order valence-corrected chi connectivity index (χ3v) is 4.37. The number of benzene rings is 3. The number of aromatic nitrogens is 1. The number of pyridine rings is 1. The van der Waals surface area contributed by atoms with Crippen molar-refractivity contribution in [2.45, 2.75) is 6.61 Å². The van der Waals surface area contributed by atoms with E-state index in [9.17, 15) is 4.79 Å². The maximum absolute atomic E-state index is 12.8. The maximum atomic E-state index is 12.8. The van der Waals surface area contributed by atoms with Gasteiger partial charge in [-0.2, -0.15) is 0 Å². The Morgan fingerprint density at radius 2 is 1.69 bits per heavy atom. The van der Waals surface area contributed by atoms with E-state index < -0.39 is 0 Å². The number of nitrogens with one attached hydrogen (secondary N) is 1. The number of carbonyl (C=O) groups excluding carboxylic acids is 1. The molecule has 146 valence electrons. The zero-order chi connectivity index (χ0) is 19.3. The molecule has 6 heteroatoms. The Balaban J connectivity index is 0.00000240. The van der Waals surface area contributed by atoms with Crippen LogP contribution in [0.4, 0.5) is 11.5 Å². The molecule has 1 amide bonds. The Hall–Kier alpha value is -3.57. The van der Waals surface area contributed by atoms with E-state index in [2.05, 4.69) is 10.3 Å². The van der Waals surface area contributed by atoms with Crippen LogP contribution in [0.15, 0.2) is 84.9 Å². The van der Waals surface area contributed by atoms with Crippen molar-refractivity contribution in [1.82, 2.24) is 4.98 Å². The van der Waals surface area contributed by atoms with Crippen LogP contribution in [0, 0.1) is 0 Å². The molecule has 0 saturated carbocycles. The van der Waals surface area contributed by atoms with Gasteiger partial charge in [-0.15, -0.1) is 12.4 Å². The van der Waals surface area contributed by atoms with E-state index in [1.54, 1.807) is 12.1 Å². The summed E-state index contributed by atoms with van der Waals surface area (Å²) in [6, 6.07) is 26.1. The van der Waals surface area contributed by atoms with Crippen LogP contribution in [-0.2, 0) is 6.61 Å². The minimum atomic E-state index is -0.185. The number of nitrogens with zero attached hydrogens (tertiary/aromatic N) is 1. The summed E-state index contributed by atoms with van der Waals surface area (Å²) in [4.78, 5) is 17.1. The van der Waals surface area contributed by atoms with Crippen LogP contribution in [-0.4, -0.2) is 10.9 Å². The van der Waals surface area contributed by atoms with Crippen LogP contribution in [0.5, 0.6) is 5.75 Å². The van der Waals surface area contributed by atoms with Gasteiger partial charge in [0.05, 0.1) is 5.52 Å². The molecular weight excluding hydrogens is 386 g/mol. The summed E-state index contributed by atoms with van der Waals surface area (Å²) in [6.45, 7) is 0.314. The Labute approximate surface area is 174 Å². The largest absolute Gasteiger partial charge is 0.489 e. The Kier molecular flexibility index (Phi) is 6.32. The molecule has 0 spiro atoms. The van der Waals surface area contributed by atoms with Crippen molar-refractivity contribution in [3.63, 3.8) is 0 Å². The van der Waals surface area contributed by atoms with E-state index in [0.29, 0.717) is 23.7 Å². The van der Waals surface area contributed by atoms with Crippen LogP contribution in [0.3, 0.4) is 0 Å². The lowest BCUT2D eigenvalue weighted by atomic mass is 10.1. The van der Waals surface area contributed by atoms with Crippen molar-refractivity contribution < 1.29 is 9.53 Å². The first-order valence-electron chi connectivity index (χ1n) is 8.92. The number of ether oxygens (including phenoxy) is 1. The van der Waals surface area contributed by atoms with E-state index in [1.807, 2.05) is 72.8 Å². The summed E-state index contributed by atoms with van der Waals surface area (Å²) >= 11 is 0. The summed E-state index contributed by atoms with van der Waals surface area (Å²) in [5, 5.41) is 3.86. The van der Waals surface area contributed by atoms with Gasteiger partial charge in [-0.3, -0.25) is 4.79 Å². The lowest BCUT2D eigenvalue weighted by molar-refractivity contribution is 0.102. The Morgan fingerprint density at radius 1 is 0.931 bits per heavy atom. The van der Waals surface area contributed by atoms with Gasteiger partial charge in [0.2, 0.25) is 0 Å². The maximum Gasteiger partial charge on any atom is 0.256 e. The highest BCUT2D eigenvalue weighted by molar-refractivity contribution is 6.06. The van der Waals surface area contributed by atoms with Crippen LogP contribution < -0.4 is 15.8 Å². The molecule has 0 unspecified atom stereocenters. The number of halogens is 1. The molecule has 0 bridgehead atoms. The fourth-order valence-electron chi connectivity index (χ4n) is 2.96. The first-order valence-corrected chi connectivity index (χ1v) is 8.92. The fraction of sp³-hybridized carbons (Fsp3) is 0.0435. The number of nitrogen functional groups attached to an aromatic ring is 1. The fourth-order valence-corrected chi connectivity index (χ4v) is 2.96. The molecule has 5 nitrogen and oxygen atoms in total. The summed E-state index contributed by atoms with van der Waals surface area (Å²) in [6.07, 6.45) is 0. The standard InChI is InChI=1S/C23H19N3O2.ClH/c24-22-13-10-16-14-18(11-12-21(16)26-22)25-23(27)20-9-5-4-6-17(20)15-28-19-7-2-1-3-8-19;/h1-14H,15H2,(H2,24,26)(H,25,27);1H. The first kappa shape index (κ1) is 20.2. The van der Waals surface area contributed by atoms with Crippen molar-refractivity contribution in [2.75, 3.05) is 11.1 Å². The van der Waals surface area contributed by atoms with Gasteiger partial charge in [-0.05, 0) is 48.5 Å². The molecule has 1 aromatic heterocycles. The highest BCUT2D eigenvalue weighted by atomic mass is 35.5. The van der Waals surface area contributed by atoms with Gasteiger partial charge < -0.3 is 15.8 Å². The van der Waals surface area contributed by atoms with Gasteiger partial charge in [0.1, 0.15) is 18.2 Å². The van der Waals surface area contributed by atoms with Gasteiger partial charge in [0.25, 0.3) is 5.91 Å². The first-order chi connectivity index (χ1) is 13.7.